The van der Waals surface area contributed by atoms with E-state index in [0.717, 1.165) is 16.4 Å². The third-order valence-electron chi connectivity index (χ3n) is 2.58. The number of aromatic amines is 1. The first-order valence-electron chi connectivity index (χ1n) is 5.37. The van der Waals surface area contributed by atoms with Gasteiger partial charge in [-0.1, -0.05) is 0 Å². The monoisotopic (exact) mass is 363 g/mol. The van der Waals surface area contributed by atoms with Crippen molar-refractivity contribution in [3.63, 3.8) is 0 Å². The Morgan fingerprint density at radius 3 is 2.80 bits per heavy atom. The van der Waals surface area contributed by atoms with Crippen LogP contribution in [0.1, 0.15) is 5.82 Å². The zero-order valence-electron chi connectivity index (χ0n) is 10.3. The highest BCUT2D eigenvalue weighted by molar-refractivity contribution is 9.10. The molecule has 0 spiro atoms. The van der Waals surface area contributed by atoms with E-state index in [1.165, 1.54) is 13.4 Å². The Morgan fingerprint density at radius 2 is 2.20 bits per heavy atom. The van der Waals surface area contributed by atoms with Crippen molar-refractivity contribution in [3.8, 4) is 0 Å². The molecular weight excluding hydrogens is 353 g/mol. The van der Waals surface area contributed by atoms with Gasteiger partial charge < -0.3 is 5.73 Å². The number of hydrogen-bond acceptors (Lipinski definition) is 5. The molecule has 2 rings (SSSR count). The zero-order valence-corrected chi connectivity index (χ0v) is 12.7. The van der Waals surface area contributed by atoms with E-state index in [0.29, 0.717) is 10.3 Å². The molecule has 0 aliphatic carbocycles. The molecule has 108 valence electrons. The van der Waals surface area contributed by atoms with Crippen molar-refractivity contribution in [1.82, 2.24) is 19.5 Å². The van der Waals surface area contributed by atoms with E-state index in [1.54, 1.807) is 0 Å². The molecule has 0 aliphatic heterocycles. The lowest BCUT2D eigenvalue weighted by molar-refractivity contribution is 0.451. The summed E-state index contributed by atoms with van der Waals surface area (Å²) in [6.07, 6.45) is 1.26. The maximum Gasteiger partial charge on any atom is 0.246 e. The van der Waals surface area contributed by atoms with Crippen molar-refractivity contribution in [1.29, 1.82) is 0 Å². The van der Waals surface area contributed by atoms with Crippen LogP contribution in [0, 0.1) is 5.82 Å². The number of nitrogens with one attached hydrogen (secondary N) is 1. The highest BCUT2D eigenvalue weighted by Gasteiger charge is 2.26. The lowest BCUT2D eigenvalue weighted by Gasteiger charge is -2.16. The molecule has 1 heterocycles. The SMILES string of the molecule is CN(Cc1ncn[nH]1)S(=O)(=O)c1cc(N)c(Br)cc1F. The average molecular weight is 364 g/mol. The largest absolute Gasteiger partial charge is 0.398 e. The average Bonchev–Trinajstić information content (AvgIpc) is 2.86. The highest BCUT2D eigenvalue weighted by atomic mass is 79.9. The van der Waals surface area contributed by atoms with E-state index in [2.05, 4.69) is 31.1 Å². The summed E-state index contributed by atoms with van der Waals surface area (Å²) >= 11 is 3.04. The minimum atomic E-state index is -4.02. The summed E-state index contributed by atoms with van der Waals surface area (Å²) in [7, 11) is -2.70. The Balaban J connectivity index is 2.37. The van der Waals surface area contributed by atoms with Gasteiger partial charge in [-0.3, -0.25) is 5.10 Å². The Labute approximate surface area is 123 Å². The van der Waals surface area contributed by atoms with E-state index in [9.17, 15) is 12.8 Å². The maximum atomic E-state index is 13.8. The number of anilines is 1. The summed E-state index contributed by atoms with van der Waals surface area (Å²) in [4.78, 5) is 3.33. The van der Waals surface area contributed by atoms with E-state index in [1.807, 2.05) is 0 Å². The van der Waals surface area contributed by atoms with Crippen LogP contribution in [0.3, 0.4) is 0 Å². The molecule has 0 atom stereocenters. The lowest BCUT2D eigenvalue weighted by Crippen LogP contribution is -2.28. The fourth-order valence-corrected chi connectivity index (χ4v) is 3.04. The number of hydrogen-bond donors (Lipinski definition) is 2. The molecule has 0 bridgehead atoms. The van der Waals surface area contributed by atoms with Crippen molar-refractivity contribution < 1.29 is 12.8 Å². The molecule has 0 amide bonds. The van der Waals surface area contributed by atoms with Crippen LogP contribution in [-0.2, 0) is 16.6 Å². The van der Waals surface area contributed by atoms with Crippen LogP contribution in [0.25, 0.3) is 0 Å². The number of H-pyrrole nitrogens is 1. The summed E-state index contributed by atoms with van der Waals surface area (Å²) in [6.45, 7) is -0.0578. The molecule has 0 radical (unpaired) electrons. The van der Waals surface area contributed by atoms with Crippen molar-refractivity contribution >= 4 is 31.6 Å². The van der Waals surface area contributed by atoms with Gasteiger partial charge in [-0.25, -0.2) is 17.8 Å². The lowest BCUT2D eigenvalue weighted by atomic mass is 10.3. The second kappa shape index (κ2) is 5.46. The van der Waals surface area contributed by atoms with Gasteiger partial charge in [0.1, 0.15) is 22.9 Å². The van der Waals surface area contributed by atoms with Crippen LogP contribution in [0.4, 0.5) is 10.1 Å². The molecule has 0 saturated heterocycles. The zero-order chi connectivity index (χ0) is 14.9. The minimum absolute atomic E-state index is 0.0578. The normalized spacial score (nSPS) is 12.0. The third kappa shape index (κ3) is 2.81. The van der Waals surface area contributed by atoms with Gasteiger partial charge in [0.05, 0.1) is 6.54 Å². The summed E-state index contributed by atoms with van der Waals surface area (Å²) in [5.74, 6) is -0.530. The summed E-state index contributed by atoms with van der Waals surface area (Å²) in [5.41, 5.74) is 5.73. The number of halogens is 2. The van der Waals surface area contributed by atoms with Crippen LogP contribution >= 0.6 is 15.9 Å². The predicted octanol–water partition coefficient (Wildman–Crippen LogP) is 1.11. The Kier molecular flexibility index (Phi) is 4.06. The first kappa shape index (κ1) is 14.9. The Hall–Kier alpha value is -1.52. The van der Waals surface area contributed by atoms with Crippen LogP contribution < -0.4 is 5.73 Å². The van der Waals surface area contributed by atoms with Gasteiger partial charge in [0.2, 0.25) is 10.0 Å². The molecule has 20 heavy (non-hydrogen) atoms. The number of nitrogen functional groups attached to an aromatic ring is 1. The molecule has 10 heteroatoms. The van der Waals surface area contributed by atoms with Crippen LogP contribution in [0.15, 0.2) is 27.8 Å². The van der Waals surface area contributed by atoms with Crippen molar-refractivity contribution in [2.45, 2.75) is 11.4 Å². The first-order chi connectivity index (χ1) is 9.32. The van der Waals surface area contributed by atoms with Crippen molar-refractivity contribution in [2.75, 3.05) is 12.8 Å². The minimum Gasteiger partial charge on any atom is -0.398 e. The maximum absolute atomic E-state index is 13.8. The molecule has 1 aromatic heterocycles. The van der Waals surface area contributed by atoms with E-state index in [-0.39, 0.29) is 12.2 Å². The standard InChI is InChI=1S/C10H11BrFN5O2S/c1-17(4-10-14-5-15-16-10)20(18,19)9-3-8(13)6(11)2-7(9)12/h2-3,5H,4,13H2,1H3,(H,14,15,16). The van der Waals surface area contributed by atoms with Gasteiger partial charge in [0.15, 0.2) is 0 Å². The van der Waals surface area contributed by atoms with Gasteiger partial charge in [-0.05, 0) is 28.1 Å². The predicted molar refractivity (Wildman–Crippen MR) is 73.5 cm³/mol. The second-order valence-corrected chi connectivity index (χ2v) is 6.87. The quantitative estimate of drug-likeness (QED) is 0.791. The fraction of sp³-hybridized carbons (Fsp3) is 0.200. The topological polar surface area (TPSA) is 105 Å². The number of nitrogens with zero attached hydrogens (tertiary/aromatic N) is 3. The molecule has 0 fully saturated rings. The van der Waals surface area contributed by atoms with Crippen LogP contribution in [0.5, 0.6) is 0 Å². The van der Waals surface area contributed by atoms with E-state index < -0.39 is 20.7 Å². The number of aromatic nitrogens is 3. The van der Waals surface area contributed by atoms with E-state index >= 15 is 0 Å². The number of benzene rings is 1. The Bertz CT molecular complexity index is 719. The van der Waals surface area contributed by atoms with Crippen molar-refractivity contribution in [2.24, 2.45) is 0 Å². The molecule has 3 N–H and O–H groups in total. The van der Waals surface area contributed by atoms with Crippen molar-refractivity contribution in [3.05, 3.63) is 34.6 Å². The van der Waals surface area contributed by atoms with Gasteiger partial charge in [-0.15, -0.1) is 0 Å². The second-order valence-electron chi connectivity index (χ2n) is 4.00. The summed E-state index contributed by atoms with van der Waals surface area (Å²) in [5, 5.41) is 6.15. The summed E-state index contributed by atoms with van der Waals surface area (Å²) < 4.78 is 39.7. The molecule has 0 saturated carbocycles. The number of rotatable bonds is 4. The molecule has 0 aliphatic rings. The molecular formula is C10H11BrFN5O2S. The van der Waals surface area contributed by atoms with Crippen LogP contribution in [0.2, 0.25) is 0 Å². The molecule has 0 unspecified atom stereocenters. The fourth-order valence-electron chi connectivity index (χ4n) is 1.51. The smallest absolute Gasteiger partial charge is 0.246 e. The number of sulfonamides is 1. The van der Waals surface area contributed by atoms with Gasteiger partial charge >= 0.3 is 0 Å². The van der Waals surface area contributed by atoms with Gasteiger partial charge in [0, 0.05) is 17.2 Å². The van der Waals surface area contributed by atoms with Gasteiger partial charge in [-0.2, -0.15) is 9.40 Å². The number of nitrogens with two attached hydrogens (primary N) is 1. The molecule has 7 nitrogen and oxygen atoms in total. The molecule has 2 aromatic rings. The first-order valence-corrected chi connectivity index (χ1v) is 7.61. The van der Waals surface area contributed by atoms with Crippen LogP contribution in [-0.4, -0.2) is 35.0 Å². The highest BCUT2D eigenvalue weighted by Crippen LogP contribution is 2.27. The molecule has 1 aromatic carbocycles. The Morgan fingerprint density at radius 1 is 1.50 bits per heavy atom. The summed E-state index contributed by atoms with van der Waals surface area (Å²) in [6, 6.07) is 2.09. The third-order valence-corrected chi connectivity index (χ3v) is 5.08. The van der Waals surface area contributed by atoms with E-state index in [4.69, 9.17) is 5.73 Å². The van der Waals surface area contributed by atoms with Gasteiger partial charge in [0.25, 0.3) is 0 Å².